The van der Waals surface area contributed by atoms with Crippen molar-refractivity contribution in [2.45, 2.75) is 20.4 Å². The topological polar surface area (TPSA) is 37.8 Å². The van der Waals surface area contributed by atoms with Crippen molar-refractivity contribution < 1.29 is 0 Å². The highest BCUT2D eigenvalue weighted by atomic mass is 79.9. The second kappa shape index (κ2) is 5.27. The molecule has 0 bridgehead atoms. The molecule has 0 saturated carbocycles. The molecule has 0 unspecified atom stereocenters. The van der Waals surface area contributed by atoms with Crippen LogP contribution in [0.25, 0.3) is 0 Å². The van der Waals surface area contributed by atoms with Crippen molar-refractivity contribution >= 4 is 21.9 Å². The molecule has 2 rings (SSSR count). The van der Waals surface area contributed by atoms with Crippen LogP contribution in [0.3, 0.4) is 0 Å². The largest absolute Gasteiger partial charge is 0.350 e. The number of aryl methyl sites for hydroxylation is 2. The number of hydrogen-bond donors (Lipinski definition) is 1. The lowest BCUT2D eigenvalue weighted by Crippen LogP contribution is -2.04. The van der Waals surface area contributed by atoms with Gasteiger partial charge in [0.15, 0.2) is 0 Å². The maximum atomic E-state index is 4.21. The van der Waals surface area contributed by atoms with Crippen LogP contribution in [0.5, 0.6) is 0 Å². The number of anilines is 1. The third kappa shape index (κ3) is 3.27. The molecule has 2 aromatic rings. The number of benzene rings is 1. The van der Waals surface area contributed by atoms with Crippen LogP contribution in [0.1, 0.15) is 16.7 Å². The van der Waals surface area contributed by atoms with Crippen molar-refractivity contribution in [2.24, 2.45) is 0 Å². The summed E-state index contributed by atoms with van der Waals surface area (Å²) in [5.74, 6) is 0.662. The molecule has 0 saturated heterocycles. The lowest BCUT2D eigenvalue weighted by atomic mass is 10.1. The van der Waals surface area contributed by atoms with E-state index in [4.69, 9.17) is 0 Å². The quantitative estimate of drug-likeness (QED) is 0.941. The van der Waals surface area contributed by atoms with Crippen molar-refractivity contribution in [2.75, 3.05) is 5.32 Å². The summed E-state index contributed by atoms with van der Waals surface area (Å²) in [5, 5.41) is 3.21. The SMILES string of the molecule is Cc1cnc(NCc2cc(Br)ccc2C)nc1. The Morgan fingerprint density at radius 2 is 1.88 bits per heavy atom. The zero-order chi connectivity index (χ0) is 12.3. The third-order valence-corrected chi connectivity index (χ3v) is 3.02. The lowest BCUT2D eigenvalue weighted by Gasteiger charge is -2.08. The van der Waals surface area contributed by atoms with Gasteiger partial charge in [0.2, 0.25) is 5.95 Å². The number of nitrogens with zero attached hydrogens (tertiary/aromatic N) is 2. The van der Waals surface area contributed by atoms with Crippen LogP contribution in [0, 0.1) is 13.8 Å². The van der Waals surface area contributed by atoms with Gasteiger partial charge >= 0.3 is 0 Å². The maximum Gasteiger partial charge on any atom is 0.222 e. The monoisotopic (exact) mass is 291 g/mol. The molecule has 0 aliphatic carbocycles. The molecule has 1 heterocycles. The van der Waals surface area contributed by atoms with E-state index < -0.39 is 0 Å². The van der Waals surface area contributed by atoms with E-state index in [9.17, 15) is 0 Å². The summed E-state index contributed by atoms with van der Waals surface area (Å²) in [6.45, 7) is 4.80. The van der Waals surface area contributed by atoms with Gasteiger partial charge in [0.1, 0.15) is 0 Å². The number of hydrogen-bond acceptors (Lipinski definition) is 3. The highest BCUT2D eigenvalue weighted by Crippen LogP contribution is 2.16. The van der Waals surface area contributed by atoms with Gasteiger partial charge in [0.25, 0.3) is 0 Å². The fourth-order valence-electron chi connectivity index (χ4n) is 1.49. The van der Waals surface area contributed by atoms with Crippen molar-refractivity contribution in [1.82, 2.24) is 9.97 Å². The van der Waals surface area contributed by atoms with Gasteiger partial charge in [-0.2, -0.15) is 0 Å². The Labute approximate surface area is 109 Å². The predicted molar refractivity (Wildman–Crippen MR) is 73.0 cm³/mol. The molecule has 1 N–H and O–H groups in total. The molecule has 1 aromatic carbocycles. The summed E-state index contributed by atoms with van der Waals surface area (Å²) in [6, 6.07) is 6.24. The van der Waals surface area contributed by atoms with E-state index >= 15 is 0 Å². The molecule has 17 heavy (non-hydrogen) atoms. The van der Waals surface area contributed by atoms with Crippen LogP contribution in [0.2, 0.25) is 0 Å². The Kier molecular flexibility index (Phi) is 3.74. The standard InChI is InChI=1S/C13H14BrN3/c1-9-6-15-13(16-7-9)17-8-11-5-12(14)4-3-10(11)2/h3-7H,8H2,1-2H3,(H,15,16,17). The lowest BCUT2D eigenvalue weighted by molar-refractivity contribution is 1.03. The number of rotatable bonds is 3. The summed E-state index contributed by atoms with van der Waals surface area (Å²) in [6.07, 6.45) is 3.62. The molecule has 0 aliphatic heterocycles. The van der Waals surface area contributed by atoms with Gasteiger partial charge < -0.3 is 5.32 Å². The first-order valence-electron chi connectivity index (χ1n) is 5.43. The summed E-state index contributed by atoms with van der Waals surface area (Å²) in [7, 11) is 0. The van der Waals surface area contributed by atoms with Crippen molar-refractivity contribution in [3.8, 4) is 0 Å². The van der Waals surface area contributed by atoms with Crippen LogP contribution in [-0.4, -0.2) is 9.97 Å². The third-order valence-electron chi connectivity index (χ3n) is 2.53. The van der Waals surface area contributed by atoms with Crippen LogP contribution in [-0.2, 0) is 6.54 Å². The molecule has 88 valence electrons. The van der Waals surface area contributed by atoms with Crippen LogP contribution >= 0.6 is 15.9 Å². The van der Waals surface area contributed by atoms with Gasteiger partial charge in [-0.15, -0.1) is 0 Å². The molecule has 3 nitrogen and oxygen atoms in total. The molecule has 0 aliphatic rings. The Morgan fingerprint density at radius 1 is 1.18 bits per heavy atom. The van der Waals surface area contributed by atoms with Gasteiger partial charge in [0.05, 0.1) is 0 Å². The van der Waals surface area contributed by atoms with E-state index in [2.05, 4.69) is 50.3 Å². The van der Waals surface area contributed by atoms with Crippen LogP contribution in [0.4, 0.5) is 5.95 Å². The first-order valence-corrected chi connectivity index (χ1v) is 6.22. The molecule has 4 heteroatoms. The zero-order valence-corrected chi connectivity index (χ0v) is 11.5. The predicted octanol–water partition coefficient (Wildman–Crippen LogP) is 3.47. The minimum Gasteiger partial charge on any atom is -0.350 e. The van der Waals surface area contributed by atoms with E-state index in [1.54, 1.807) is 0 Å². The second-order valence-corrected chi connectivity index (χ2v) is 4.92. The molecule has 0 fully saturated rings. The Balaban J connectivity index is 2.07. The minimum absolute atomic E-state index is 0.662. The van der Waals surface area contributed by atoms with Crippen molar-refractivity contribution in [3.05, 3.63) is 51.8 Å². The second-order valence-electron chi connectivity index (χ2n) is 4.01. The van der Waals surface area contributed by atoms with Crippen molar-refractivity contribution in [3.63, 3.8) is 0 Å². The summed E-state index contributed by atoms with van der Waals surface area (Å²) in [4.78, 5) is 8.42. The average molecular weight is 292 g/mol. The molecule has 0 amide bonds. The average Bonchev–Trinajstić information content (AvgIpc) is 2.32. The summed E-state index contributed by atoms with van der Waals surface area (Å²) < 4.78 is 1.09. The molecule has 1 aromatic heterocycles. The zero-order valence-electron chi connectivity index (χ0n) is 9.87. The van der Waals surface area contributed by atoms with E-state index in [0.29, 0.717) is 5.95 Å². The molecule has 0 radical (unpaired) electrons. The Morgan fingerprint density at radius 3 is 2.59 bits per heavy atom. The summed E-state index contributed by atoms with van der Waals surface area (Å²) >= 11 is 3.47. The molecular weight excluding hydrogens is 278 g/mol. The van der Waals surface area contributed by atoms with E-state index in [-0.39, 0.29) is 0 Å². The van der Waals surface area contributed by atoms with E-state index in [0.717, 1.165) is 16.6 Å². The first kappa shape index (κ1) is 12.0. The normalized spacial score (nSPS) is 10.3. The number of aromatic nitrogens is 2. The number of nitrogens with one attached hydrogen (secondary N) is 1. The highest BCUT2D eigenvalue weighted by molar-refractivity contribution is 9.10. The van der Waals surface area contributed by atoms with Gasteiger partial charge in [-0.05, 0) is 42.7 Å². The fourth-order valence-corrected chi connectivity index (χ4v) is 1.90. The molecule has 0 spiro atoms. The van der Waals surface area contributed by atoms with Crippen molar-refractivity contribution in [1.29, 1.82) is 0 Å². The Bertz CT molecular complexity index is 509. The first-order chi connectivity index (χ1) is 8.15. The Hall–Kier alpha value is -1.42. The maximum absolute atomic E-state index is 4.21. The van der Waals surface area contributed by atoms with Gasteiger partial charge in [-0.1, -0.05) is 22.0 Å². The van der Waals surface area contributed by atoms with E-state index in [1.807, 2.05) is 25.4 Å². The highest BCUT2D eigenvalue weighted by Gasteiger charge is 2.00. The molecular formula is C13H14BrN3. The summed E-state index contributed by atoms with van der Waals surface area (Å²) in [5.41, 5.74) is 3.56. The van der Waals surface area contributed by atoms with Crippen LogP contribution in [0.15, 0.2) is 35.1 Å². The minimum atomic E-state index is 0.662. The van der Waals surface area contributed by atoms with Crippen LogP contribution < -0.4 is 5.32 Å². The fraction of sp³-hybridized carbons (Fsp3) is 0.231. The van der Waals surface area contributed by atoms with Gasteiger partial charge in [-0.3, -0.25) is 0 Å². The molecule has 0 atom stereocenters. The number of halogens is 1. The van der Waals surface area contributed by atoms with E-state index in [1.165, 1.54) is 11.1 Å². The van der Waals surface area contributed by atoms with Gasteiger partial charge in [-0.25, -0.2) is 9.97 Å². The van der Waals surface area contributed by atoms with Gasteiger partial charge in [0, 0.05) is 23.4 Å². The smallest absolute Gasteiger partial charge is 0.222 e.